The van der Waals surface area contributed by atoms with Crippen LogP contribution in [0.5, 0.6) is 0 Å². The van der Waals surface area contributed by atoms with E-state index >= 15 is 0 Å². The van der Waals surface area contributed by atoms with E-state index in [4.69, 9.17) is 5.11 Å². The Hall–Kier alpha value is -1.37. The lowest BCUT2D eigenvalue weighted by Gasteiger charge is -2.09. The molecule has 2 aromatic rings. The van der Waals surface area contributed by atoms with Gasteiger partial charge in [0, 0.05) is 35.5 Å². The minimum atomic E-state index is -0.102. The van der Waals surface area contributed by atoms with Crippen LogP contribution in [0.15, 0.2) is 34.0 Å². The van der Waals surface area contributed by atoms with Crippen molar-refractivity contribution in [1.29, 1.82) is 0 Å². The number of nitrogens with zero attached hydrogens (tertiary/aromatic N) is 1. The van der Waals surface area contributed by atoms with Crippen molar-refractivity contribution in [2.24, 2.45) is 5.92 Å². The van der Waals surface area contributed by atoms with E-state index in [1.165, 1.54) is 0 Å². The Labute approximate surface area is 139 Å². The van der Waals surface area contributed by atoms with E-state index in [0.717, 1.165) is 21.3 Å². The molecule has 0 radical (unpaired) electrons. The van der Waals surface area contributed by atoms with Crippen molar-refractivity contribution in [1.82, 2.24) is 10.3 Å². The Bertz CT molecular complexity index is 611. The molecule has 2 N–H and O–H groups in total. The van der Waals surface area contributed by atoms with Crippen LogP contribution in [0.25, 0.3) is 0 Å². The van der Waals surface area contributed by atoms with Crippen molar-refractivity contribution < 1.29 is 9.90 Å². The first-order valence-corrected chi connectivity index (χ1v) is 8.98. The van der Waals surface area contributed by atoms with Crippen molar-refractivity contribution in [3.05, 3.63) is 46.5 Å². The largest absolute Gasteiger partial charge is 0.396 e. The highest BCUT2D eigenvalue weighted by molar-refractivity contribution is 8.00. The fourth-order valence-electron chi connectivity index (χ4n) is 1.73. The molecule has 0 aliphatic carbocycles. The summed E-state index contributed by atoms with van der Waals surface area (Å²) in [7, 11) is 0. The quantitative estimate of drug-likeness (QED) is 0.763. The number of hydrogen-bond donors (Lipinski definition) is 2. The lowest BCUT2D eigenvalue weighted by atomic mass is 10.1. The van der Waals surface area contributed by atoms with Crippen molar-refractivity contribution in [2.75, 3.05) is 13.2 Å². The molecule has 0 bridgehead atoms. The standard InChI is InChI=1S/C16H20N2O2S2/c1-11(8-19)7-17-15(20)14-5-3-13(4-6-14)10-22-16-18-12(2)9-21-16/h3-6,9,11,19H,7-8,10H2,1-2H3,(H,17,20). The molecule has 0 aliphatic rings. The molecule has 22 heavy (non-hydrogen) atoms. The number of carbonyl (C=O) groups excluding carboxylic acids is 1. The van der Waals surface area contributed by atoms with E-state index in [0.29, 0.717) is 12.1 Å². The lowest BCUT2D eigenvalue weighted by molar-refractivity contribution is 0.0942. The Balaban J connectivity index is 1.85. The van der Waals surface area contributed by atoms with E-state index in [-0.39, 0.29) is 18.4 Å². The highest BCUT2D eigenvalue weighted by Crippen LogP contribution is 2.26. The fraction of sp³-hybridized carbons (Fsp3) is 0.375. The molecule has 1 unspecified atom stereocenters. The molecule has 1 atom stereocenters. The second-order valence-electron chi connectivity index (χ2n) is 5.24. The summed E-state index contributed by atoms with van der Waals surface area (Å²) >= 11 is 3.36. The van der Waals surface area contributed by atoms with E-state index in [1.807, 2.05) is 43.5 Å². The topological polar surface area (TPSA) is 62.2 Å². The van der Waals surface area contributed by atoms with Crippen molar-refractivity contribution >= 4 is 29.0 Å². The predicted octanol–water partition coefficient (Wildman–Crippen LogP) is 3.10. The summed E-state index contributed by atoms with van der Waals surface area (Å²) in [5.41, 5.74) is 2.86. The summed E-state index contributed by atoms with van der Waals surface area (Å²) in [5.74, 6) is 0.813. The zero-order valence-corrected chi connectivity index (χ0v) is 14.3. The number of rotatable bonds is 7. The van der Waals surface area contributed by atoms with Crippen molar-refractivity contribution in [2.45, 2.75) is 23.9 Å². The number of aliphatic hydroxyl groups excluding tert-OH is 1. The normalized spacial score (nSPS) is 12.1. The van der Waals surface area contributed by atoms with Gasteiger partial charge in [-0.15, -0.1) is 11.3 Å². The smallest absolute Gasteiger partial charge is 0.251 e. The van der Waals surface area contributed by atoms with Crippen LogP contribution in [0.4, 0.5) is 0 Å². The Morgan fingerprint density at radius 1 is 1.41 bits per heavy atom. The van der Waals surface area contributed by atoms with Crippen LogP contribution < -0.4 is 5.32 Å². The van der Waals surface area contributed by atoms with Gasteiger partial charge in [-0.25, -0.2) is 4.98 Å². The molecular weight excluding hydrogens is 316 g/mol. The van der Waals surface area contributed by atoms with Crippen LogP contribution >= 0.6 is 23.1 Å². The number of amides is 1. The summed E-state index contributed by atoms with van der Waals surface area (Å²) < 4.78 is 1.07. The van der Waals surface area contributed by atoms with Crippen LogP contribution in [0, 0.1) is 12.8 Å². The molecule has 1 aromatic heterocycles. The van der Waals surface area contributed by atoms with E-state index in [1.54, 1.807) is 23.1 Å². The maximum absolute atomic E-state index is 12.0. The minimum Gasteiger partial charge on any atom is -0.396 e. The van der Waals surface area contributed by atoms with Crippen LogP contribution in [0.1, 0.15) is 28.5 Å². The zero-order chi connectivity index (χ0) is 15.9. The maximum Gasteiger partial charge on any atom is 0.251 e. The molecule has 1 aromatic carbocycles. The summed E-state index contributed by atoms with van der Waals surface area (Å²) in [6, 6.07) is 7.61. The van der Waals surface area contributed by atoms with Gasteiger partial charge >= 0.3 is 0 Å². The number of hydrogen-bond acceptors (Lipinski definition) is 5. The second-order valence-corrected chi connectivity index (χ2v) is 7.32. The minimum absolute atomic E-state index is 0.0707. The molecule has 6 heteroatoms. The molecule has 1 heterocycles. The van der Waals surface area contributed by atoms with E-state index in [9.17, 15) is 4.79 Å². The molecule has 0 fully saturated rings. The number of nitrogens with one attached hydrogen (secondary N) is 1. The highest BCUT2D eigenvalue weighted by Gasteiger charge is 2.07. The zero-order valence-electron chi connectivity index (χ0n) is 12.7. The van der Waals surface area contributed by atoms with E-state index in [2.05, 4.69) is 10.3 Å². The number of carbonyl (C=O) groups is 1. The number of thiazole rings is 1. The molecule has 0 aliphatic heterocycles. The summed E-state index contributed by atoms with van der Waals surface area (Å²) in [4.78, 5) is 16.4. The first-order valence-electron chi connectivity index (χ1n) is 7.11. The van der Waals surface area contributed by atoms with Gasteiger partial charge in [-0.3, -0.25) is 4.79 Å². The van der Waals surface area contributed by atoms with Crippen LogP contribution in [0.2, 0.25) is 0 Å². The number of aromatic nitrogens is 1. The van der Waals surface area contributed by atoms with Crippen LogP contribution in [0.3, 0.4) is 0 Å². The molecule has 4 nitrogen and oxygen atoms in total. The second kappa shape index (κ2) is 8.31. The van der Waals surface area contributed by atoms with Crippen molar-refractivity contribution in [3.63, 3.8) is 0 Å². The van der Waals surface area contributed by atoms with E-state index < -0.39 is 0 Å². The Morgan fingerprint density at radius 2 is 2.14 bits per heavy atom. The van der Waals surface area contributed by atoms with Crippen LogP contribution in [-0.2, 0) is 5.75 Å². The average Bonchev–Trinajstić information content (AvgIpc) is 2.96. The third-order valence-corrected chi connectivity index (χ3v) is 5.31. The molecular formula is C16H20N2O2S2. The third-order valence-electron chi connectivity index (χ3n) is 3.10. The lowest BCUT2D eigenvalue weighted by Crippen LogP contribution is -2.29. The SMILES string of the molecule is Cc1csc(SCc2ccc(C(=O)NCC(C)CO)cc2)n1. The molecule has 0 saturated heterocycles. The van der Waals surface area contributed by atoms with Gasteiger partial charge in [-0.2, -0.15) is 0 Å². The van der Waals surface area contributed by atoms with Gasteiger partial charge in [0.05, 0.1) is 0 Å². The average molecular weight is 336 g/mol. The van der Waals surface area contributed by atoms with Gasteiger partial charge in [-0.1, -0.05) is 30.8 Å². The molecule has 0 spiro atoms. The van der Waals surface area contributed by atoms with Crippen LogP contribution in [-0.4, -0.2) is 29.1 Å². The predicted molar refractivity (Wildman–Crippen MR) is 91.4 cm³/mol. The molecule has 2 rings (SSSR count). The van der Waals surface area contributed by atoms with Crippen molar-refractivity contribution in [3.8, 4) is 0 Å². The molecule has 1 amide bonds. The van der Waals surface area contributed by atoms with Gasteiger partial charge in [0.25, 0.3) is 5.91 Å². The Morgan fingerprint density at radius 3 is 2.73 bits per heavy atom. The monoisotopic (exact) mass is 336 g/mol. The van der Waals surface area contributed by atoms with Gasteiger partial charge in [-0.05, 0) is 30.5 Å². The summed E-state index contributed by atoms with van der Waals surface area (Å²) in [5, 5.41) is 13.8. The Kier molecular flexibility index (Phi) is 6.42. The van der Waals surface area contributed by atoms with Gasteiger partial charge in [0.15, 0.2) is 0 Å². The number of benzene rings is 1. The first kappa shape index (κ1) is 17.0. The number of aliphatic hydroxyl groups is 1. The molecule has 118 valence electrons. The summed E-state index contributed by atoms with van der Waals surface area (Å²) in [6.07, 6.45) is 0. The molecule has 0 saturated carbocycles. The first-order chi connectivity index (χ1) is 10.6. The number of aryl methyl sites for hydroxylation is 1. The number of thioether (sulfide) groups is 1. The van der Waals surface area contributed by atoms with Gasteiger partial charge < -0.3 is 10.4 Å². The van der Waals surface area contributed by atoms with Gasteiger partial charge in [0.2, 0.25) is 0 Å². The fourth-order valence-corrected chi connectivity index (χ4v) is 3.53. The maximum atomic E-state index is 12.0. The summed E-state index contributed by atoms with van der Waals surface area (Å²) in [6.45, 7) is 4.44. The van der Waals surface area contributed by atoms with Gasteiger partial charge in [0.1, 0.15) is 4.34 Å². The highest BCUT2D eigenvalue weighted by atomic mass is 32.2. The third kappa shape index (κ3) is 5.12.